The molecule has 3 rings (SSSR count). The number of carbonyl (C=O) groups excluding carboxylic acids is 1. The molecular weight excluding hydrogens is 386 g/mol. The Morgan fingerprint density at radius 1 is 1.08 bits per heavy atom. The maximum Gasteiger partial charge on any atom is 0.262 e. The number of hydrogen-bond acceptors (Lipinski definition) is 3. The first kappa shape index (κ1) is 16.9. The quantitative estimate of drug-likeness (QED) is 0.586. The van der Waals surface area contributed by atoms with Crippen LogP contribution in [0.4, 0.5) is 5.69 Å². The Morgan fingerprint density at radius 3 is 2.71 bits per heavy atom. The second kappa shape index (κ2) is 7.73. The number of anilines is 1. The van der Waals surface area contributed by atoms with Gasteiger partial charge in [-0.1, -0.05) is 34.1 Å². The second-order valence-electron chi connectivity index (χ2n) is 5.22. The predicted molar refractivity (Wildman–Crippen MR) is 104 cm³/mol. The molecule has 0 heterocycles. The van der Waals surface area contributed by atoms with E-state index in [-0.39, 0.29) is 12.5 Å². The number of nitrogens with one attached hydrogen (secondary N) is 1. The first-order valence-corrected chi connectivity index (χ1v) is 9.42. The zero-order valence-electron chi connectivity index (χ0n) is 13.1. The molecule has 5 heteroatoms. The van der Waals surface area contributed by atoms with Crippen LogP contribution in [0.15, 0.2) is 70.0 Å². The van der Waals surface area contributed by atoms with Crippen molar-refractivity contribution >= 4 is 50.1 Å². The largest absolute Gasteiger partial charge is 0.484 e. The van der Waals surface area contributed by atoms with Gasteiger partial charge in [0, 0.05) is 15.1 Å². The molecule has 0 aromatic heterocycles. The fraction of sp³-hybridized carbons (Fsp3) is 0.105. The Balaban J connectivity index is 1.62. The van der Waals surface area contributed by atoms with Crippen LogP contribution in [0.2, 0.25) is 0 Å². The van der Waals surface area contributed by atoms with Gasteiger partial charge in [0.15, 0.2) is 6.61 Å². The van der Waals surface area contributed by atoms with Gasteiger partial charge in [0.25, 0.3) is 5.91 Å². The summed E-state index contributed by atoms with van der Waals surface area (Å²) in [6.07, 6.45) is 2.00. The summed E-state index contributed by atoms with van der Waals surface area (Å²) in [5, 5.41) is 5.04. The van der Waals surface area contributed by atoms with E-state index in [0.717, 1.165) is 25.8 Å². The molecule has 0 radical (unpaired) electrons. The lowest BCUT2D eigenvalue weighted by atomic mass is 10.1. The summed E-state index contributed by atoms with van der Waals surface area (Å²) in [5.74, 6) is 0.502. The van der Waals surface area contributed by atoms with Gasteiger partial charge in [-0.3, -0.25) is 4.79 Å². The fourth-order valence-electron chi connectivity index (χ4n) is 2.33. The summed E-state index contributed by atoms with van der Waals surface area (Å²) in [6, 6.07) is 19.6. The molecule has 0 unspecified atom stereocenters. The molecule has 0 saturated heterocycles. The van der Waals surface area contributed by atoms with Crippen LogP contribution in [0, 0.1) is 0 Å². The van der Waals surface area contributed by atoms with Crippen molar-refractivity contribution in [1.82, 2.24) is 0 Å². The molecule has 24 heavy (non-hydrogen) atoms. The highest BCUT2D eigenvalue weighted by molar-refractivity contribution is 9.10. The van der Waals surface area contributed by atoms with Crippen LogP contribution in [0.1, 0.15) is 0 Å². The standard InChI is InChI=1S/C19H16BrNO2S/c1-24-18-4-2-3-16(11-18)21-19(22)12-23-17-8-6-13-9-15(20)7-5-14(13)10-17/h2-11H,12H2,1H3,(H,21,22). The zero-order valence-corrected chi connectivity index (χ0v) is 15.5. The third kappa shape index (κ3) is 4.30. The second-order valence-corrected chi connectivity index (χ2v) is 7.02. The smallest absolute Gasteiger partial charge is 0.262 e. The van der Waals surface area contributed by atoms with Crippen LogP contribution < -0.4 is 10.1 Å². The van der Waals surface area contributed by atoms with Gasteiger partial charge in [0.1, 0.15) is 5.75 Å². The minimum atomic E-state index is -0.177. The molecule has 1 amide bonds. The summed E-state index contributed by atoms with van der Waals surface area (Å²) < 4.78 is 6.64. The number of carbonyl (C=O) groups is 1. The van der Waals surface area contributed by atoms with Crippen LogP contribution in [-0.4, -0.2) is 18.8 Å². The third-order valence-corrected chi connectivity index (χ3v) is 4.72. The van der Waals surface area contributed by atoms with Crippen molar-refractivity contribution in [3.05, 3.63) is 65.1 Å². The van der Waals surface area contributed by atoms with E-state index in [1.807, 2.05) is 66.9 Å². The van der Waals surface area contributed by atoms with Crippen molar-refractivity contribution in [2.75, 3.05) is 18.2 Å². The minimum absolute atomic E-state index is 0.0223. The number of benzene rings is 3. The number of halogens is 1. The molecule has 0 aliphatic carbocycles. The Hall–Kier alpha value is -1.98. The SMILES string of the molecule is CSc1cccc(NC(=O)COc2ccc3cc(Br)ccc3c2)c1. The summed E-state index contributed by atoms with van der Waals surface area (Å²) in [5.41, 5.74) is 0.777. The van der Waals surface area contributed by atoms with Crippen molar-refractivity contribution in [2.24, 2.45) is 0 Å². The maximum atomic E-state index is 12.0. The van der Waals surface area contributed by atoms with Crippen LogP contribution >= 0.6 is 27.7 Å². The number of fused-ring (bicyclic) bond motifs is 1. The first-order chi connectivity index (χ1) is 11.6. The Kier molecular flexibility index (Phi) is 5.43. The van der Waals surface area contributed by atoms with Crippen LogP contribution in [0.5, 0.6) is 5.75 Å². The highest BCUT2D eigenvalue weighted by Gasteiger charge is 2.05. The highest BCUT2D eigenvalue weighted by atomic mass is 79.9. The molecule has 0 spiro atoms. The lowest BCUT2D eigenvalue weighted by Crippen LogP contribution is -2.20. The van der Waals surface area contributed by atoms with Crippen LogP contribution in [-0.2, 0) is 4.79 Å². The van der Waals surface area contributed by atoms with Crippen LogP contribution in [0.3, 0.4) is 0 Å². The molecule has 3 aromatic rings. The number of rotatable bonds is 5. The van der Waals surface area contributed by atoms with E-state index in [9.17, 15) is 4.79 Å². The molecule has 0 bridgehead atoms. The van der Waals surface area contributed by atoms with E-state index in [0.29, 0.717) is 5.75 Å². The summed E-state index contributed by atoms with van der Waals surface area (Å²) in [6.45, 7) is -0.0223. The van der Waals surface area contributed by atoms with Gasteiger partial charge in [0.2, 0.25) is 0 Å². The van der Waals surface area contributed by atoms with Crippen molar-refractivity contribution < 1.29 is 9.53 Å². The predicted octanol–water partition coefficient (Wildman–Crippen LogP) is 5.34. The van der Waals surface area contributed by atoms with E-state index in [2.05, 4.69) is 21.2 Å². The van der Waals surface area contributed by atoms with E-state index >= 15 is 0 Å². The van der Waals surface area contributed by atoms with E-state index in [1.165, 1.54) is 0 Å². The third-order valence-electron chi connectivity index (χ3n) is 3.50. The fourth-order valence-corrected chi connectivity index (χ4v) is 3.17. The molecule has 122 valence electrons. The molecule has 0 aliphatic rings. The highest BCUT2D eigenvalue weighted by Crippen LogP contribution is 2.24. The Bertz CT molecular complexity index is 882. The van der Waals surface area contributed by atoms with E-state index in [1.54, 1.807) is 11.8 Å². The Labute approximate surface area is 153 Å². The zero-order chi connectivity index (χ0) is 16.9. The topological polar surface area (TPSA) is 38.3 Å². The molecule has 3 nitrogen and oxygen atoms in total. The van der Waals surface area contributed by atoms with Gasteiger partial charge >= 0.3 is 0 Å². The summed E-state index contributed by atoms with van der Waals surface area (Å²) in [7, 11) is 0. The average molecular weight is 402 g/mol. The van der Waals surface area contributed by atoms with Crippen molar-refractivity contribution in [2.45, 2.75) is 4.90 Å². The lowest BCUT2D eigenvalue weighted by Gasteiger charge is -2.09. The summed E-state index contributed by atoms with van der Waals surface area (Å²) >= 11 is 5.09. The molecular formula is C19H16BrNO2S. The van der Waals surface area contributed by atoms with Crippen molar-refractivity contribution in [1.29, 1.82) is 0 Å². The first-order valence-electron chi connectivity index (χ1n) is 7.40. The maximum absolute atomic E-state index is 12.0. The molecule has 0 atom stereocenters. The van der Waals surface area contributed by atoms with Gasteiger partial charge < -0.3 is 10.1 Å². The van der Waals surface area contributed by atoms with Gasteiger partial charge in [-0.2, -0.15) is 0 Å². The van der Waals surface area contributed by atoms with Gasteiger partial charge in [-0.25, -0.2) is 0 Å². The average Bonchev–Trinajstić information content (AvgIpc) is 2.60. The Morgan fingerprint density at radius 2 is 1.88 bits per heavy atom. The number of amides is 1. The molecule has 0 aliphatic heterocycles. The molecule has 0 saturated carbocycles. The summed E-state index contributed by atoms with van der Waals surface area (Å²) in [4.78, 5) is 13.2. The molecule has 0 fully saturated rings. The van der Waals surface area contributed by atoms with E-state index in [4.69, 9.17) is 4.74 Å². The van der Waals surface area contributed by atoms with Crippen molar-refractivity contribution in [3.63, 3.8) is 0 Å². The van der Waals surface area contributed by atoms with Crippen molar-refractivity contribution in [3.8, 4) is 5.75 Å². The number of thioether (sulfide) groups is 1. The molecule has 3 aromatic carbocycles. The van der Waals surface area contributed by atoms with Gasteiger partial charge in [-0.05, 0) is 59.5 Å². The minimum Gasteiger partial charge on any atom is -0.484 e. The molecule has 1 N–H and O–H groups in total. The van der Waals surface area contributed by atoms with Crippen LogP contribution in [0.25, 0.3) is 10.8 Å². The van der Waals surface area contributed by atoms with E-state index < -0.39 is 0 Å². The van der Waals surface area contributed by atoms with Gasteiger partial charge in [-0.15, -0.1) is 11.8 Å². The van der Waals surface area contributed by atoms with Gasteiger partial charge in [0.05, 0.1) is 0 Å². The number of hydrogen-bond donors (Lipinski definition) is 1. The number of ether oxygens (including phenoxy) is 1. The lowest BCUT2D eigenvalue weighted by molar-refractivity contribution is -0.118. The normalized spacial score (nSPS) is 10.6. The monoisotopic (exact) mass is 401 g/mol.